The molecule has 1 atom stereocenters. The molecule has 1 aromatic carbocycles. The highest BCUT2D eigenvalue weighted by Gasteiger charge is 2.24. The highest BCUT2D eigenvalue weighted by molar-refractivity contribution is 5.78. The summed E-state index contributed by atoms with van der Waals surface area (Å²) in [5.74, 6) is 0.975. The van der Waals surface area contributed by atoms with Gasteiger partial charge >= 0.3 is 0 Å². The third-order valence-corrected chi connectivity index (χ3v) is 4.19. The van der Waals surface area contributed by atoms with Crippen molar-refractivity contribution >= 4 is 5.91 Å². The van der Waals surface area contributed by atoms with Crippen molar-refractivity contribution in [3.05, 3.63) is 59.9 Å². The van der Waals surface area contributed by atoms with Crippen LogP contribution in [0.25, 0.3) is 0 Å². The molecule has 5 heteroatoms. The first-order chi connectivity index (χ1) is 11.7. The quantitative estimate of drug-likeness (QED) is 0.844. The van der Waals surface area contributed by atoms with E-state index in [2.05, 4.69) is 4.98 Å². The van der Waals surface area contributed by atoms with E-state index in [9.17, 15) is 4.79 Å². The number of morpholine rings is 1. The highest BCUT2D eigenvalue weighted by Crippen LogP contribution is 2.16. The van der Waals surface area contributed by atoms with Crippen LogP contribution in [-0.2, 0) is 22.4 Å². The van der Waals surface area contributed by atoms with Gasteiger partial charge in [-0.05, 0) is 29.3 Å². The van der Waals surface area contributed by atoms with Gasteiger partial charge in [0.05, 0.1) is 26.2 Å². The van der Waals surface area contributed by atoms with E-state index in [1.165, 1.54) is 5.56 Å². The van der Waals surface area contributed by atoms with Gasteiger partial charge in [0.15, 0.2) is 0 Å². The van der Waals surface area contributed by atoms with Gasteiger partial charge in [-0.25, -0.2) is 0 Å². The lowest BCUT2D eigenvalue weighted by Gasteiger charge is -2.33. The van der Waals surface area contributed by atoms with Gasteiger partial charge in [0.1, 0.15) is 5.75 Å². The Morgan fingerprint density at radius 3 is 2.83 bits per heavy atom. The molecule has 1 saturated heterocycles. The lowest BCUT2D eigenvalue weighted by atomic mass is 10.1. The molecule has 1 aliphatic rings. The van der Waals surface area contributed by atoms with Gasteiger partial charge in [0, 0.05) is 31.9 Å². The Bertz CT molecular complexity index is 658. The van der Waals surface area contributed by atoms with Gasteiger partial charge in [-0.3, -0.25) is 9.78 Å². The summed E-state index contributed by atoms with van der Waals surface area (Å²) in [5, 5.41) is 0. The molecule has 0 aliphatic carbocycles. The standard InChI is InChI=1S/C19H22N2O3/c1-23-17-6-4-15(5-7-17)11-18-14-21(9-10-24-18)19(22)12-16-3-2-8-20-13-16/h2-8,13,18H,9-12,14H2,1H3/t18-/m0/s1. The molecule has 1 fully saturated rings. The minimum Gasteiger partial charge on any atom is -0.497 e. The molecule has 1 aliphatic heterocycles. The summed E-state index contributed by atoms with van der Waals surface area (Å²) in [6.07, 6.45) is 4.68. The maximum absolute atomic E-state index is 12.5. The SMILES string of the molecule is COc1ccc(C[C@H]2CN(C(=O)Cc3cccnc3)CCO2)cc1. The topological polar surface area (TPSA) is 51.7 Å². The van der Waals surface area contributed by atoms with Crippen molar-refractivity contribution in [1.29, 1.82) is 0 Å². The summed E-state index contributed by atoms with van der Waals surface area (Å²) < 4.78 is 11.0. The van der Waals surface area contributed by atoms with Gasteiger partial charge in [-0.1, -0.05) is 18.2 Å². The first-order valence-electron chi connectivity index (χ1n) is 8.16. The van der Waals surface area contributed by atoms with E-state index in [1.54, 1.807) is 19.5 Å². The molecule has 5 nitrogen and oxygen atoms in total. The molecule has 2 aromatic rings. The fraction of sp³-hybridized carbons (Fsp3) is 0.368. The van der Waals surface area contributed by atoms with Crippen LogP contribution in [0, 0.1) is 0 Å². The van der Waals surface area contributed by atoms with Crippen LogP contribution in [-0.4, -0.2) is 48.7 Å². The minimum absolute atomic E-state index is 0.0324. The van der Waals surface area contributed by atoms with Crippen molar-refractivity contribution in [3.63, 3.8) is 0 Å². The molecule has 0 spiro atoms. The second-order valence-electron chi connectivity index (χ2n) is 5.92. The molecule has 0 bridgehead atoms. The maximum atomic E-state index is 12.5. The Hall–Kier alpha value is -2.40. The summed E-state index contributed by atoms with van der Waals surface area (Å²) in [4.78, 5) is 18.4. The third-order valence-electron chi connectivity index (χ3n) is 4.19. The normalized spacial score (nSPS) is 17.5. The zero-order chi connectivity index (χ0) is 16.8. The van der Waals surface area contributed by atoms with Gasteiger partial charge < -0.3 is 14.4 Å². The predicted octanol–water partition coefficient (Wildman–Crippen LogP) is 2.10. The van der Waals surface area contributed by atoms with E-state index in [4.69, 9.17) is 9.47 Å². The van der Waals surface area contributed by atoms with E-state index in [-0.39, 0.29) is 12.0 Å². The molecule has 2 heterocycles. The number of amides is 1. The van der Waals surface area contributed by atoms with Crippen LogP contribution >= 0.6 is 0 Å². The first-order valence-corrected chi connectivity index (χ1v) is 8.16. The van der Waals surface area contributed by atoms with Gasteiger partial charge in [0.25, 0.3) is 0 Å². The number of nitrogens with zero attached hydrogens (tertiary/aromatic N) is 2. The van der Waals surface area contributed by atoms with Crippen molar-refractivity contribution in [2.24, 2.45) is 0 Å². The van der Waals surface area contributed by atoms with E-state index >= 15 is 0 Å². The summed E-state index contributed by atoms with van der Waals surface area (Å²) in [5.41, 5.74) is 2.13. The van der Waals surface area contributed by atoms with Crippen LogP contribution in [0.4, 0.5) is 0 Å². The lowest BCUT2D eigenvalue weighted by Crippen LogP contribution is -2.46. The minimum atomic E-state index is 0.0324. The largest absolute Gasteiger partial charge is 0.497 e. The average molecular weight is 326 g/mol. The van der Waals surface area contributed by atoms with Gasteiger partial charge in [0.2, 0.25) is 5.91 Å². The number of aromatic nitrogens is 1. The van der Waals surface area contributed by atoms with Gasteiger partial charge in [-0.15, -0.1) is 0 Å². The van der Waals surface area contributed by atoms with E-state index in [1.807, 2.05) is 41.3 Å². The number of rotatable bonds is 5. The second-order valence-corrected chi connectivity index (χ2v) is 5.92. The van der Waals surface area contributed by atoms with Crippen LogP contribution in [0.1, 0.15) is 11.1 Å². The van der Waals surface area contributed by atoms with Crippen molar-refractivity contribution in [2.75, 3.05) is 26.8 Å². The number of hydrogen-bond donors (Lipinski definition) is 0. The van der Waals surface area contributed by atoms with E-state index in [0.29, 0.717) is 26.1 Å². The fourth-order valence-electron chi connectivity index (χ4n) is 2.88. The summed E-state index contributed by atoms with van der Waals surface area (Å²) in [6, 6.07) is 11.8. The zero-order valence-electron chi connectivity index (χ0n) is 13.9. The van der Waals surface area contributed by atoms with Crippen molar-refractivity contribution in [2.45, 2.75) is 18.9 Å². The number of methoxy groups -OCH3 is 1. The molecular weight excluding hydrogens is 304 g/mol. The zero-order valence-corrected chi connectivity index (χ0v) is 13.9. The number of carbonyl (C=O) groups excluding carboxylic acids is 1. The Balaban J connectivity index is 1.56. The van der Waals surface area contributed by atoms with E-state index in [0.717, 1.165) is 17.7 Å². The molecule has 0 N–H and O–H groups in total. The van der Waals surface area contributed by atoms with Crippen LogP contribution in [0.3, 0.4) is 0 Å². The molecule has 1 amide bonds. The second kappa shape index (κ2) is 7.93. The Morgan fingerprint density at radius 1 is 1.29 bits per heavy atom. The molecule has 0 saturated carbocycles. The monoisotopic (exact) mass is 326 g/mol. The fourth-order valence-corrected chi connectivity index (χ4v) is 2.88. The Labute approximate surface area is 142 Å². The molecule has 1 aromatic heterocycles. The summed E-state index contributed by atoms with van der Waals surface area (Å²) >= 11 is 0. The van der Waals surface area contributed by atoms with Crippen molar-refractivity contribution < 1.29 is 14.3 Å². The van der Waals surface area contributed by atoms with Crippen molar-refractivity contribution in [1.82, 2.24) is 9.88 Å². The molecule has 0 radical (unpaired) electrons. The average Bonchev–Trinajstić information content (AvgIpc) is 2.63. The summed E-state index contributed by atoms with van der Waals surface area (Å²) in [6.45, 7) is 1.86. The first kappa shape index (κ1) is 16.5. The molecular formula is C19H22N2O3. The third kappa shape index (κ3) is 4.32. The Morgan fingerprint density at radius 2 is 2.12 bits per heavy atom. The predicted molar refractivity (Wildman–Crippen MR) is 91.0 cm³/mol. The van der Waals surface area contributed by atoms with Crippen LogP contribution in [0.5, 0.6) is 5.75 Å². The number of hydrogen-bond acceptors (Lipinski definition) is 4. The molecule has 0 unspecified atom stereocenters. The van der Waals surface area contributed by atoms with Crippen LogP contribution in [0.2, 0.25) is 0 Å². The van der Waals surface area contributed by atoms with Gasteiger partial charge in [-0.2, -0.15) is 0 Å². The molecule has 126 valence electrons. The smallest absolute Gasteiger partial charge is 0.227 e. The highest BCUT2D eigenvalue weighted by atomic mass is 16.5. The summed E-state index contributed by atoms with van der Waals surface area (Å²) in [7, 11) is 1.66. The molecule has 3 rings (SSSR count). The number of benzene rings is 1. The number of carbonyl (C=O) groups is 1. The Kier molecular flexibility index (Phi) is 5.43. The van der Waals surface area contributed by atoms with E-state index < -0.39 is 0 Å². The van der Waals surface area contributed by atoms with Crippen LogP contribution in [0.15, 0.2) is 48.8 Å². The lowest BCUT2D eigenvalue weighted by molar-refractivity contribution is -0.138. The maximum Gasteiger partial charge on any atom is 0.227 e. The number of ether oxygens (including phenoxy) is 2. The van der Waals surface area contributed by atoms with Crippen molar-refractivity contribution in [3.8, 4) is 5.75 Å². The van der Waals surface area contributed by atoms with Crippen LogP contribution < -0.4 is 4.74 Å². The number of pyridine rings is 1. The molecule has 24 heavy (non-hydrogen) atoms.